The first-order valence-corrected chi connectivity index (χ1v) is 9.71. The molecule has 1 N–H and O–H groups in total. The SMILES string of the molecule is CCN(C(=O)c1ccc(C(F)(F)F)cc1C=C1CCCCC1)c1ccc(=O)[nH]c1. The van der Waals surface area contributed by atoms with Crippen LogP contribution >= 0.6 is 0 Å². The van der Waals surface area contributed by atoms with Gasteiger partial charge < -0.3 is 9.88 Å². The molecule has 1 amide bonds. The Kier molecular flexibility index (Phi) is 6.25. The number of allylic oxidation sites excluding steroid dienone is 1. The van der Waals surface area contributed by atoms with Crippen molar-refractivity contribution in [1.29, 1.82) is 0 Å². The van der Waals surface area contributed by atoms with E-state index in [1.807, 2.05) is 0 Å². The van der Waals surface area contributed by atoms with Crippen molar-refractivity contribution in [3.8, 4) is 0 Å². The highest BCUT2D eigenvalue weighted by molar-refractivity contribution is 6.08. The molecule has 4 nitrogen and oxygen atoms in total. The fourth-order valence-corrected chi connectivity index (χ4v) is 3.58. The third kappa shape index (κ3) is 4.96. The maximum Gasteiger partial charge on any atom is 0.416 e. The molecule has 0 spiro atoms. The second-order valence-electron chi connectivity index (χ2n) is 7.12. The predicted molar refractivity (Wildman–Crippen MR) is 107 cm³/mol. The molecule has 1 heterocycles. The number of carbonyl (C=O) groups excluding carboxylic acids is 1. The Hall–Kier alpha value is -2.83. The minimum atomic E-state index is -4.48. The lowest BCUT2D eigenvalue weighted by Crippen LogP contribution is -2.31. The number of benzene rings is 1. The summed E-state index contributed by atoms with van der Waals surface area (Å²) in [6.07, 6.45) is 3.48. The van der Waals surface area contributed by atoms with Gasteiger partial charge in [-0.05, 0) is 62.4 Å². The molecule has 0 atom stereocenters. The van der Waals surface area contributed by atoms with Crippen LogP contribution in [0.15, 0.2) is 46.9 Å². The Morgan fingerprint density at radius 2 is 1.86 bits per heavy atom. The molecule has 1 aliphatic rings. The molecule has 2 aromatic rings. The van der Waals surface area contributed by atoms with Crippen molar-refractivity contribution in [3.63, 3.8) is 0 Å². The van der Waals surface area contributed by atoms with Crippen molar-refractivity contribution in [3.05, 3.63) is 69.1 Å². The summed E-state index contributed by atoms with van der Waals surface area (Å²) < 4.78 is 39.8. The predicted octanol–water partition coefficient (Wildman–Crippen LogP) is 5.41. The quantitative estimate of drug-likeness (QED) is 0.741. The molecule has 154 valence electrons. The lowest BCUT2D eigenvalue weighted by Gasteiger charge is -2.23. The summed E-state index contributed by atoms with van der Waals surface area (Å²) in [7, 11) is 0. The topological polar surface area (TPSA) is 53.2 Å². The minimum absolute atomic E-state index is 0.212. The Morgan fingerprint density at radius 1 is 1.14 bits per heavy atom. The van der Waals surface area contributed by atoms with Crippen LogP contribution in [0.5, 0.6) is 0 Å². The lowest BCUT2D eigenvalue weighted by atomic mass is 9.91. The van der Waals surface area contributed by atoms with Gasteiger partial charge in [-0.3, -0.25) is 9.59 Å². The highest BCUT2D eigenvalue weighted by Crippen LogP contribution is 2.33. The van der Waals surface area contributed by atoms with Crippen molar-refractivity contribution in [1.82, 2.24) is 4.98 Å². The van der Waals surface area contributed by atoms with Gasteiger partial charge in [0.05, 0.1) is 11.3 Å². The maximum atomic E-state index is 13.3. The van der Waals surface area contributed by atoms with Crippen molar-refractivity contribution in [2.45, 2.75) is 45.2 Å². The van der Waals surface area contributed by atoms with Gasteiger partial charge in [0.25, 0.3) is 5.91 Å². The number of nitrogens with zero attached hydrogens (tertiary/aromatic N) is 1. The average molecular weight is 404 g/mol. The summed E-state index contributed by atoms with van der Waals surface area (Å²) in [5.41, 5.74) is 0.969. The van der Waals surface area contributed by atoms with E-state index in [9.17, 15) is 22.8 Å². The van der Waals surface area contributed by atoms with E-state index in [0.717, 1.165) is 49.8 Å². The van der Waals surface area contributed by atoms with E-state index in [4.69, 9.17) is 0 Å². The van der Waals surface area contributed by atoms with Gasteiger partial charge in [-0.15, -0.1) is 0 Å². The molecule has 3 rings (SSSR count). The molecule has 0 radical (unpaired) electrons. The van der Waals surface area contributed by atoms with Crippen LogP contribution in [0.2, 0.25) is 0 Å². The van der Waals surface area contributed by atoms with Crippen LogP contribution in [-0.4, -0.2) is 17.4 Å². The molecule has 0 aliphatic heterocycles. The lowest BCUT2D eigenvalue weighted by molar-refractivity contribution is -0.137. The third-order valence-corrected chi connectivity index (χ3v) is 5.11. The second kappa shape index (κ2) is 8.68. The molecular weight excluding hydrogens is 381 g/mol. The summed E-state index contributed by atoms with van der Waals surface area (Å²) in [6, 6.07) is 6.06. The minimum Gasteiger partial charge on any atom is -0.327 e. The zero-order chi connectivity index (χ0) is 21.0. The number of nitrogens with one attached hydrogen (secondary N) is 1. The number of rotatable bonds is 4. The molecule has 29 heavy (non-hydrogen) atoms. The van der Waals surface area contributed by atoms with Crippen molar-refractivity contribution in [2.75, 3.05) is 11.4 Å². The van der Waals surface area contributed by atoms with E-state index in [1.54, 1.807) is 13.0 Å². The first-order chi connectivity index (χ1) is 13.8. The summed E-state index contributed by atoms with van der Waals surface area (Å²) in [6.45, 7) is 2.08. The average Bonchev–Trinajstić information content (AvgIpc) is 2.70. The summed E-state index contributed by atoms with van der Waals surface area (Å²) in [4.78, 5) is 28.5. The van der Waals surface area contributed by atoms with Crippen LogP contribution in [0.4, 0.5) is 18.9 Å². The molecule has 0 unspecified atom stereocenters. The van der Waals surface area contributed by atoms with Crippen molar-refractivity contribution in [2.24, 2.45) is 0 Å². The highest BCUT2D eigenvalue weighted by Gasteiger charge is 2.32. The molecule has 0 saturated heterocycles. The van der Waals surface area contributed by atoms with Gasteiger partial charge in [-0.1, -0.05) is 18.1 Å². The third-order valence-electron chi connectivity index (χ3n) is 5.11. The van der Waals surface area contributed by atoms with Crippen LogP contribution in [0, 0.1) is 0 Å². The Bertz CT molecular complexity index is 948. The molecule has 7 heteroatoms. The van der Waals surface area contributed by atoms with Crippen LogP contribution in [0.3, 0.4) is 0 Å². The molecule has 1 aromatic carbocycles. The smallest absolute Gasteiger partial charge is 0.327 e. The van der Waals surface area contributed by atoms with Crippen LogP contribution in [0.1, 0.15) is 60.5 Å². The molecule has 1 aromatic heterocycles. The fourth-order valence-electron chi connectivity index (χ4n) is 3.58. The van der Waals surface area contributed by atoms with Gasteiger partial charge in [0.1, 0.15) is 0 Å². The number of pyridine rings is 1. The van der Waals surface area contributed by atoms with Gasteiger partial charge in [0.15, 0.2) is 0 Å². The molecule has 1 aliphatic carbocycles. The van der Waals surface area contributed by atoms with E-state index in [2.05, 4.69) is 4.98 Å². The van der Waals surface area contributed by atoms with Crippen molar-refractivity contribution < 1.29 is 18.0 Å². The van der Waals surface area contributed by atoms with Gasteiger partial charge in [0, 0.05) is 24.4 Å². The maximum absolute atomic E-state index is 13.3. The first-order valence-electron chi connectivity index (χ1n) is 9.71. The van der Waals surface area contributed by atoms with Crippen LogP contribution in [0.25, 0.3) is 6.08 Å². The van der Waals surface area contributed by atoms with Crippen LogP contribution < -0.4 is 10.5 Å². The monoisotopic (exact) mass is 404 g/mol. The number of carbonyl (C=O) groups is 1. The van der Waals surface area contributed by atoms with E-state index >= 15 is 0 Å². The van der Waals surface area contributed by atoms with Gasteiger partial charge >= 0.3 is 6.18 Å². The van der Waals surface area contributed by atoms with Crippen LogP contribution in [-0.2, 0) is 6.18 Å². The van der Waals surface area contributed by atoms with E-state index < -0.39 is 17.6 Å². The highest BCUT2D eigenvalue weighted by atomic mass is 19.4. The number of H-pyrrole nitrogens is 1. The standard InChI is InChI=1S/C22H23F3N2O2/c1-2-27(18-9-11-20(28)26-14-18)21(29)19-10-8-17(22(23,24)25)13-16(19)12-15-6-4-3-5-7-15/h8-14H,2-7H2,1H3,(H,26,28). The largest absolute Gasteiger partial charge is 0.416 e. The summed E-state index contributed by atoms with van der Waals surface area (Å²) in [5, 5.41) is 0. The number of aromatic amines is 1. The first kappa shape index (κ1) is 20.9. The number of hydrogen-bond acceptors (Lipinski definition) is 2. The molecule has 1 saturated carbocycles. The Morgan fingerprint density at radius 3 is 2.45 bits per heavy atom. The number of anilines is 1. The van der Waals surface area contributed by atoms with E-state index in [-0.39, 0.29) is 16.7 Å². The number of hydrogen-bond donors (Lipinski definition) is 1. The number of aromatic nitrogens is 1. The fraction of sp³-hybridized carbons (Fsp3) is 0.364. The normalized spacial score (nSPS) is 14.6. The van der Waals surface area contributed by atoms with Gasteiger partial charge in [-0.25, -0.2) is 0 Å². The Labute approximate surface area is 167 Å². The number of halogens is 3. The zero-order valence-electron chi connectivity index (χ0n) is 16.2. The molecule has 0 bridgehead atoms. The van der Waals surface area contributed by atoms with Gasteiger partial charge in [0.2, 0.25) is 5.56 Å². The molecule has 1 fully saturated rings. The summed E-state index contributed by atoms with van der Waals surface area (Å²) >= 11 is 0. The summed E-state index contributed by atoms with van der Waals surface area (Å²) in [5.74, 6) is -0.407. The Balaban J connectivity index is 2.05. The van der Waals surface area contributed by atoms with Crippen molar-refractivity contribution >= 4 is 17.7 Å². The van der Waals surface area contributed by atoms with Gasteiger partial charge in [-0.2, -0.15) is 13.2 Å². The number of alkyl halides is 3. The van der Waals surface area contributed by atoms with E-state index in [1.165, 1.54) is 29.3 Å². The molecular formula is C22H23F3N2O2. The zero-order valence-corrected chi connectivity index (χ0v) is 16.2. The second-order valence-corrected chi connectivity index (χ2v) is 7.12. The van der Waals surface area contributed by atoms with E-state index in [0.29, 0.717) is 12.2 Å². The number of amides is 1.